The Hall–Kier alpha value is -3.45. The smallest absolute Gasteiger partial charge is 0.338 e. The number of aromatic hydroxyl groups is 5. The Morgan fingerprint density at radius 3 is 2.00 bits per heavy atom. The zero-order valence-electron chi connectivity index (χ0n) is 15.7. The highest BCUT2D eigenvalue weighted by Gasteiger charge is 2.45. The summed E-state index contributed by atoms with van der Waals surface area (Å²) >= 11 is 0. The highest BCUT2D eigenvalue weighted by Crippen LogP contribution is 2.35. The average molecular weight is 440 g/mol. The van der Waals surface area contributed by atoms with Crippen molar-refractivity contribution in [2.45, 2.75) is 30.7 Å². The molecule has 0 saturated carbocycles. The lowest BCUT2D eigenvalue weighted by atomic mass is 9.99. The lowest BCUT2D eigenvalue weighted by Gasteiger charge is -2.39. The van der Waals surface area contributed by atoms with Gasteiger partial charge < -0.3 is 55.1 Å². The standard InChI is InChI=1S/C19H20O12/c20-8-3-9(21)5-10(4-8)30-19-17(27)16(26)15(25)13(31-19)6-29-18(28)7-1-11(22)14(24)12(23)2-7/h1-5,13,15-17,19-27H,6H2. The lowest BCUT2D eigenvalue weighted by molar-refractivity contribution is -0.277. The molecule has 5 atom stereocenters. The summed E-state index contributed by atoms with van der Waals surface area (Å²) in [5.74, 6) is -4.20. The van der Waals surface area contributed by atoms with Crippen molar-refractivity contribution >= 4 is 5.97 Å². The van der Waals surface area contributed by atoms with E-state index in [0.717, 1.165) is 30.3 Å². The van der Waals surface area contributed by atoms with Gasteiger partial charge in [-0.2, -0.15) is 0 Å². The number of rotatable bonds is 5. The van der Waals surface area contributed by atoms with Gasteiger partial charge in [0.2, 0.25) is 6.29 Å². The fraction of sp³-hybridized carbons (Fsp3) is 0.316. The van der Waals surface area contributed by atoms with Gasteiger partial charge in [-0.15, -0.1) is 0 Å². The fourth-order valence-electron chi connectivity index (χ4n) is 2.88. The molecule has 31 heavy (non-hydrogen) atoms. The molecule has 0 bridgehead atoms. The molecule has 1 aliphatic heterocycles. The lowest BCUT2D eigenvalue weighted by Crippen LogP contribution is -2.60. The minimum atomic E-state index is -1.75. The second kappa shape index (κ2) is 8.73. The molecule has 1 fully saturated rings. The maximum absolute atomic E-state index is 12.1. The van der Waals surface area contributed by atoms with Gasteiger partial charge in [0.1, 0.15) is 48.3 Å². The summed E-state index contributed by atoms with van der Waals surface area (Å²) in [7, 11) is 0. The summed E-state index contributed by atoms with van der Waals surface area (Å²) in [4.78, 5) is 12.1. The predicted molar refractivity (Wildman–Crippen MR) is 98.8 cm³/mol. The first-order valence-corrected chi connectivity index (χ1v) is 8.88. The van der Waals surface area contributed by atoms with E-state index in [-0.39, 0.29) is 22.8 Å². The molecule has 168 valence electrons. The van der Waals surface area contributed by atoms with Crippen molar-refractivity contribution in [3.05, 3.63) is 35.9 Å². The third-order valence-electron chi connectivity index (χ3n) is 4.48. The van der Waals surface area contributed by atoms with E-state index in [2.05, 4.69) is 0 Å². The van der Waals surface area contributed by atoms with Gasteiger partial charge in [-0.25, -0.2) is 4.79 Å². The van der Waals surface area contributed by atoms with E-state index < -0.39 is 60.5 Å². The quantitative estimate of drug-likeness (QED) is 0.214. The Morgan fingerprint density at radius 2 is 1.42 bits per heavy atom. The van der Waals surface area contributed by atoms with Crippen LogP contribution in [0.4, 0.5) is 0 Å². The largest absolute Gasteiger partial charge is 0.508 e. The number of hydrogen-bond donors (Lipinski definition) is 8. The van der Waals surface area contributed by atoms with E-state index in [9.17, 15) is 45.6 Å². The van der Waals surface area contributed by atoms with Crippen LogP contribution >= 0.6 is 0 Å². The molecule has 12 heteroatoms. The zero-order valence-corrected chi connectivity index (χ0v) is 15.7. The molecule has 0 radical (unpaired) electrons. The van der Waals surface area contributed by atoms with Crippen molar-refractivity contribution in [1.29, 1.82) is 0 Å². The van der Waals surface area contributed by atoms with Crippen LogP contribution in [0.25, 0.3) is 0 Å². The fourth-order valence-corrected chi connectivity index (χ4v) is 2.88. The van der Waals surface area contributed by atoms with Gasteiger partial charge in [0.15, 0.2) is 17.2 Å². The van der Waals surface area contributed by atoms with Crippen molar-refractivity contribution < 1.29 is 59.9 Å². The van der Waals surface area contributed by atoms with E-state index in [1.54, 1.807) is 0 Å². The van der Waals surface area contributed by atoms with Crippen LogP contribution in [0.1, 0.15) is 10.4 Å². The van der Waals surface area contributed by atoms with Crippen LogP contribution in [0.15, 0.2) is 30.3 Å². The second-order valence-electron chi connectivity index (χ2n) is 6.78. The molecule has 1 heterocycles. The Morgan fingerprint density at radius 1 is 0.839 bits per heavy atom. The number of benzene rings is 2. The highest BCUT2D eigenvalue weighted by atomic mass is 16.7. The third-order valence-corrected chi connectivity index (χ3v) is 4.48. The van der Waals surface area contributed by atoms with Gasteiger partial charge in [0.05, 0.1) is 5.56 Å². The van der Waals surface area contributed by atoms with Crippen molar-refractivity contribution in [3.8, 4) is 34.5 Å². The molecule has 0 aliphatic carbocycles. The molecule has 2 aromatic carbocycles. The van der Waals surface area contributed by atoms with E-state index in [4.69, 9.17) is 14.2 Å². The molecule has 5 unspecified atom stereocenters. The number of aliphatic hydroxyl groups is 3. The molecule has 8 N–H and O–H groups in total. The maximum atomic E-state index is 12.1. The SMILES string of the molecule is O=C(OCC1OC(Oc2cc(O)cc(O)c2)C(O)C(O)C1O)c1cc(O)c(O)c(O)c1. The topological polar surface area (TPSA) is 207 Å². The van der Waals surface area contributed by atoms with Gasteiger partial charge in [-0.1, -0.05) is 0 Å². The predicted octanol–water partition coefficient (Wildman–Crippen LogP) is -0.742. The van der Waals surface area contributed by atoms with Crippen molar-refractivity contribution in [1.82, 2.24) is 0 Å². The first-order chi connectivity index (χ1) is 14.6. The number of phenolic OH excluding ortho intramolecular Hbond substituents is 5. The first kappa shape index (κ1) is 22.2. The molecule has 12 nitrogen and oxygen atoms in total. The molecule has 1 aliphatic rings. The molecule has 2 aromatic rings. The molecule has 0 amide bonds. The van der Waals surface area contributed by atoms with E-state index >= 15 is 0 Å². The summed E-state index contributed by atoms with van der Waals surface area (Å²) in [6.07, 6.45) is -8.09. The minimum absolute atomic E-state index is 0.115. The van der Waals surface area contributed by atoms with Gasteiger partial charge in [-0.3, -0.25) is 0 Å². The molecule has 0 spiro atoms. The first-order valence-electron chi connectivity index (χ1n) is 8.88. The number of esters is 1. The normalized spacial score (nSPS) is 25.7. The van der Waals surface area contributed by atoms with Crippen molar-refractivity contribution in [2.75, 3.05) is 6.61 Å². The highest BCUT2D eigenvalue weighted by molar-refractivity contribution is 5.91. The summed E-state index contributed by atoms with van der Waals surface area (Å²) in [5.41, 5.74) is -0.318. The number of hydrogen-bond acceptors (Lipinski definition) is 12. The number of ether oxygens (including phenoxy) is 3. The van der Waals surface area contributed by atoms with Crippen LogP contribution in [0.2, 0.25) is 0 Å². The summed E-state index contributed by atoms with van der Waals surface area (Å²) in [6.45, 7) is -0.628. The summed E-state index contributed by atoms with van der Waals surface area (Å²) in [5, 5.41) is 77.5. The van der Waals surface area contributed by atoms with Gasteiger partial charge in [0, 0.05) is 18.2 Å². The van der Waals surface area contributed by atoms with E-state index in [1.165, 1.54) is 0 Å². The van der Waals surface area contributed by atoms with Gasteiger partial charge >= 0.3 is 5.97 Å². The molecule has 1 saturated heterocycles. The zero-order chi connectivity index (χ0) is 22.9. The summed E-state index contributed by atoms with van der Waals surface area (Å²) < 4.78 is 15.6. The van der Waals surface area contributed by atoms with E-state index in [1.807, 2.05) is 0 Å². The average Bonchev–Trinajstić information content (AvgIpc) is 2.70. The van der Waals surface area contributed by atoms with Crippen molar-refractivity contribution in [3.63, 3.8) is 0 Å². The Balaban J connectivity index is 1.69. The van der Waals surface area contributed by atoms with Crippen LogP contribution in [0.5, 0.6) is 34.5 Å². The van der Waals surface area contributed by atoms with Crippen LogP contribution in [0, 0.1) is 0 Å². The molecular weight excluding hydrogens is 420 g/mol. The van der Waals surface area contributed by atoms with Crippen LogP contribution in [-0.2, 0) is 9.47 Å². The molecular formula is C19H20O12. The number of carbonyl (C=O) groups is 1. The minimum Gasteiger partial charge on any atom is -0.508 e. The Labute approximate surface area is 174 Å². The molecule has 3 rings (SSSR count). The van der Waals surface area contributed by atoms with Gasteiger partial charge in [-0.05, 0) is 12.1 Å². The number of aliphatic hydroxyl groups excluding tert-OH is 3. The second-order valence-corrected chi connectivity index (χ2v) is 6.78. The van der Waals surface area contributed by atoms with E-state index in [0.29, 0.717) is 0 Å². The Bertz CT molecular complexity index is 918. The number of carbonyl (C=O) groups excluding carboxylic acids is 1. The van der Waals surface area contributed by atoms with Crippen LogP contribution < -0.4 is 4.74 Å². The maximum Gasteiger partial charge on any atom is 0.338 e. The third kappa shape index (κ3) is 4.83. The van der Waals surface area contributed by atoms with Gasteiger partial charge in [0.25, 0.3) is 0 Å². The Kier molecular flexibility index (Phi) is 6.27. The molecule has 0 aromatic heterocycles. The number of phenols is 5. The summed E-state index contributed by atoms with van der Waals surface area (Å²) in [6, 6.07) is 4.92. The monoisotopic (exact) mass is 440 g/mol. The van der Waals surface area contributed by atoms with Crippen molar-refractivity contribution in [2.24, 2.45) is 0 Å². The van der Waals surface area contributed by atoms with Crippen LogP contribution in [0.3, 0.4) is 0 Å². The van der Waals surface area contributed by atoms with Crippen LogP contribution in [-0.4, -0.2) is 84.1 Å².